The average molecular weight is 506 g/mol. The molecule has 0 aliphatic carbocycles. The Bertz CT molecular complexity index is 1140. The largest absolute Gasteiger partial charge is 0.493 e. The number of methoxy groups -OCH3 is 2. The van der Waals surface area contributed by atoms with E-state index in [9.17, 15) is 18.0 Å². The summed E-state index contributed by atoms with van der Waals surface area (Å²) in [6.45, 7) is 5.68. The van der Waals surface area contributed by atoms with Crippen LogP contribution in [0.1, 0.15) is 31.4 Å². The number of carbonyl (C=O) groups excluding carboxylic acids is 2. The first-order valence-electron chi connectivity index (χ1n) is 11.3. The maximum Gasteiger partial charge on any atom is 0.244 e. The minimum atomic E-state index is -3.84. The van der Waals surface area contributed by atoms with Gasteiger partial charge in [0.05, 0.1) is 26.2 Å². The van der Waals surface area contributed by atoms with Crippen LogP contribution in [0.4, 0.5) is 5.69 Å². The monoisotopic (exact) mass is 505 g/mol. The van der Waals surface area contributed by atoms with Gasteiger partial charge in [0.15, 0.2) is 11.5 Å². The summed E-state index contributed by atoms with van der Waals surface area (Å²) in [7, 11) is -0.924. The molecule has 0 aromatic heterocycles. The fourth-order valence-corrected chi connectivity index (χ4v) is 4.42. The quantitative estimate of drug-likeness (QED) is 0.476. The molecule has 1 atom stereocenters. The summed E-state index contributed by atoms with van der Waals surface area (Å²) >= 11 is 0. The van der Waals surface area contributed by atoms with E-state index in [1.165, 1.54) is 31.3 Å². The van der Waals surface area contributed by atoms with Crippen LogP contribution in [0.25, 0.3) is 0 Å². The van der Waals surface area contributed by atoms with Crippen LogP contribution in [-0.4, -0.2) is 64.7 Å². The highest BCUT2D eigenvalue weighted by molar-refractivity contribution is 7.92. The number of ether oxygens (including phenoxy) is 2. The maximum absolute atomic E-state index is 13.5. The Morgan fingerprint density at radius 1 is 1.06 bits per heavy atom. The molecule has 2 rings (SSSR count). The smallest absolute Gasteiger partial charge is 0.244 e. The zero-order chi connectivity index (χ0) is 26.2. The van der Waals surface area contributed by atoms with Crippen molar-refractivity contribution in [2.45, 2.75) is 39.8 Å². The topological polar surface area (TPSA) is 105 Å². The molecule has 0 spiro atoms. The van der Waals surface area contributed by atoms with Crippen LogP contribution >= 0.6 is 0 Å². The molecule has 192 valence electrons. The summed E-state index contributed by atoms with van der Waals surface area (Å²) in [4.78, 5) is 27.7. The van der Waals surface area contributed by atoms with Crippen LogP contribution in [0.2, 0.25) is 0 Å². The van der Waals surface area contributed by atoms with Crippen molar-refractivity contribution >= 4 is 27.5 Å². The van der Waals surface area contributed by atoms with Gasteiger partial charge in [-0.25, -0.2) is 8.42 Å². The third-order valence-corrected chi connectivity index (χ3v) is 6.63. The minimum absolute atomic E-state index is 0.158. The molecule has 2 aromatic rings. The van der Waals surface area contributed by atoms with Gasteiger partial charge >= 0.3 is 0 Å². The van der Waals surface area contributed by atoms with E-state index in [4.69, 9.17) is 9.47 Å². The van der Waals surface area contributed by atoms with Crippen molar-refractivity contribution in [1.82, 2.24) is 10.2 Å². The summed E-state index contributed by atoms with van der Waals surface area (Å²) in [6, 6.07) is 11.4. The SMILES string of the molecule is CCCNC(=O)[C@@H](C)N(Cc1cccc(C)c1)C(=O)CN(c1ccc(OC)c(OC)c1)S(C)(=O)=O. The predicted octanol–water partition coefficient (Wildman–Crippen LogP) is 2.72. The lowest BCUT2D eigenvalue weighted by molar-refractivity contribution is -0.139. The molecule has 0 unspecified atom stereocenters. The molecule has 35 heavy (non-hydrogen) atoms. The van der Waals surface area contributed by atoms with Gasteiger partial charge in [0.2, 0.25) is 21.8 Å². The number of anilines is 1. The van der Waals surface area contributed by atoms with Crippen molar-refractivity contribution < 1.29 is 27.5 Å². The highest BCUT2D eigenvalue weighted by Crippen LogP contribution is 2.32. The highest BCUT2D eigenvalue weighted by Gasteiger charge is 2.30. The number of sulfonamides is 1. The maximum atomic E-state index is 13.5. The molecule has 0 aliphatic heterocycles. The van der Waals surface area contributed by atoms with Crippen LogP contribution in [0.3, 0.4) is 0 Å². The second-order valence-corrected chi connectivity index (χ2v) is 10.2. The van der Waals surface area contributed by atoms with Crippen molar-refractivity contribution in [3.63, 3.8) is 0 Å². The van der Waals surface area contributed by atoms with E-state index >= 15 is 0 Å². The van der Waals surface area contributed by atoms with Crippen LogP contribution in [-0.2, 0) is 26.2 Å². The molecule has 10 heteroatoms. The Morgan fingerprint density at radius 3 is 2.31 bits per heavy atom. The molecule has 0 fully saturated rings. The van der Waals surface area contributed by atoms with Gasteiger partial charge in [0.25, 0.3) is 0 Å². The lowest BCUT2D eigenvalue weighted by atomic mass is 10.1. The molecule has 2 amide bonds. The normalized spacial score (nSPS) is 11.9. The molecular formula is C25H35N3O6S. The summed E-state index contributed by atoms with van der Waals surface area (Å²) in [6.07, 6.45) is 1.78. The number of hydrogen-bond donors (Lipinski definition) is 1. The molecule has 0 radical (unpaired) electrons. The molecule has 0 saturated carbocycles. The molecule has 9 nitrogen and oxygen atoms in total. The zero-order valence-corrected chi connectivity index (χ0v) is 22.0. The van der Waals surface area contributed by atoms with E-state index in [2.05, 4.69) is 5.32 Å². The van der Waals surface area contributed by atoms with Crippen LogP contribution in [0, 0.1) is 6.92 Å². The second-order valence-electron chi connectivity index (χ2n) is 8.29. The molecule has 0 saturated heterocycles. The highest BCUT2D eigenvalue weighted by atomic mass is 32.2. The molecule has 1 N–H and O–H groups in total. The summed E-state index contributed by atoms with van der Waals surface area (Å²) in [5.74, 6) is -0.0518. The molecule has 0 bridgehead atoms. The van der Waals surface area contributed by atoms with Crippen LogP contribution in [0.5, 0.6) is 11.5 Å². The Hall–Kier alpha value is -3.27. The fourth-order valence-electron chi connectivity index (χ4n) is 3.58. The van der Waals surface area contributed by atoms with Gasteiger partial charge < -0.3 is 19.7 Å². The number of benzene rings is 2. The third-order valence-electron chi connectivity index (χ3n) is 5.49. The summed E-state index contributed by atoms with van der Waals surface area (Å²) < 4.78 is 36.9. The summed E-state index contributed by atoms with van der Waals surface area (Å²) in [5, 5.41) is 2.81. The van der Waals surface area contributed by atoms with Gasteiger partial charge in [-0.1, -0.05) is 36.8 Å². The van der Waals surface area contributed by atoms with E-state index in [1.54, 1.807) is 13.0 Å². The number of nitrogens with zero attached hydrogens (tertiary/aromatic N) is 2. The van der Waals surface area contributed by atoms with E-state index in [-0.39, 0.29) is 18.1 Å². The van der Waals surface area contributed by atoms with Crippen molar-refractivity contribution in [2.75, 3.05) is 37.9 Å². The van der Waals surface area contributed by atoms with Crippen molar-refractivity contribution in [2.24, 2.45) is 0 Å². The molecular weight excluding hydrogens is 470 g/mol. The first kappa shape index (κ1) is 28.0. The van der Waals surface area contributed by atoms with Gasteiger partial charge in [-0.2, -0.15) is 0 Å². The fraction of sp³-hybridized carbons (Fsp3) is 0.440. The van der Waals surface area contributed by atoms with E-state index in [0.29, 0.717) is 18.0 Å². The standard InChI is InChI=1S/C25H35N3O6S/c1-7-13-26-25(30)19(3)27(16-20-10-8-9-18(2)14-20)24(29)17-28(35(6,31)32)21-11-12-22(33-4)23(15-21)34-5/h8-12,14-15,19H,7,13,16-17H2,1-6H3,(H,26,30)/t19-/m1/s1. The van der Waals surface area contributed by atoms with Crippen LogP contribution < -0.4 is 19.1 Å². The van der Waals surface area contributed by atoms with E-state index in [0.717, 1.165) is 28.1 Å². The summed E-state index contributed by atoms with van der Waals surface area (Å²) in [5.41, 5.74) is 2.10. The van der Waals surface area contributed by atoms with Gasteiger partial charge in [0, 0.05) is 19.2 Å². The second kappa shape index (κ2) is 12.4. The number of aryl methyl sites for hydroxylation is 1. The van der Waals surface area contributed by atoms with Crippen molar-refractivity contribution in [1.29, 1.82) is 0 Å². The van der Waals surface area contributed by atoms with Crippen molar-refractivity contribution in [3.05, 3.63) is 53.6 Å². The van der Waals surface area contributed by atoms with Gasteiger partial charge in [-0.05, 0) is 38.0 Å². The number of carbonyl (C=O) groups is 2. The van der Waals surface area contributed by atoms with E-state index in [1.807, 2.05) is 38.1 Å². The average Bonchev–Trinajstić information content (AvgIpc) is 2.82. The molecule has 0 aliphatic rings. The van der Waals surface area contributed by atoms with Crippen molar-refractivity contribution in [3.8, 4) is 11.5 Å². The minimum Gasteiger partial charge on any atom is -0.493 e. The first-order chi connectivity index (χ1) is 16.5. The first-order valence-corrected chi connectivity index (χ1v) is 13.2. The number of hydrogen-bond acceptors (Lipinski definition) is 6. The Balaban J connectivity index is 2.42. The Labute approximate surface area is 208 Å². The Morgan fingerprint density at radius 2 is 1.74 bits per heavy atom. The zero-order valence-electron chi connectivity index (χ0n) is 21.2. The van der Waals surface area contributed by atoms with Gasteiger partial charge in [0.1, 0.15) is 12.6 Å². The Kier molecular flexibility index (Phi) is 9.94. The lowest BCUT2D eigenvalue weighted by Crippen LogP contribution is -2.51. The molecule has 2 aromatic carbocycles. The van der Waals surface area contributed by atoms with Crippen LogP contribution in [0.15, 0.2) is 42.5 Å². The van der Waals surface area contributed by atoms with Gasteiger partial charge in [-0.15, -0.1) is 0 Å². The molecule has 0 heterocycles. The predicted molar refractivity (Wildman–Crippen MR) is 136 cm³/mol. The lowest BCUT2D eigenvalue weighted by Gasteiger charge is -2.31. The number of amides is 2. The van der Waals surface area contributed by atoms with E-state index < -0.39 is 28.5 Å². The van der Waals surface area contributed by atoms with Gasteiger partial charge in [-0.3, -0.25) is 13.9 Å². The number of nitrogens with one attached hydrogen (secondary N) is 1. The number of rotatable bonds is 12. The third kappa shape index (κ3) is 7.61.